The van der Waals surface area contributed by atoms with Gasteiger partial charge in [0.15, 0.2) is 0 Å². The van der Waals surface area contributed by atoms with E-state index in [1.165, 1.54) is 6.42 Å². The summed E-state index contributed by atoms with van der Waals surface area (Å²) >= 11 is 0. The van der Waals surface area contributed by atoms with E-state index in [1.807, 2.05) is 0 Å². The molecule has 3 N–H and O–H groups in total. The van der Waals surface area contributed by atoms with E-state index in [1.54, 1.807) is 0 Å². The van der Waals surface area contributed by atoms with Gasteiger partial charge in [-0.1, -0.05) is 34.1 Å². The van der Waals surface area contributed by atoms with Crippen molar-refractivity contribution in [3.05, 3.63) is 0 Å². The van der Waals surface area contributed by atoms with Crippen LogP contribution in [0.5, 0.6) is 0 Å². The Morgan fingerprint density at radius 1 is 1.03 bits per heavy atom. The van der Waals surface area contributed by atoms with Crippen LogP contribution in [0.2, 0.25) is 0 Å². The van der Waals surface area contributed by atoms with Gasteiger partial charge in [-0.05, 0) is 104 Å². The molecule has 0 aromatic rings. The minimum atomic E-state index is -1.26. The molecule has 1 amide bonds. The zero-order valence-electron chi connectivity index (χ0n) is 22.6. The quantitative estimate of drug-likeness (QED) is 0.424. The van der Waals surface area contributed by atoms with Crippen LogP contribution in [0.3, 0.4) is 0 Å². The molecular formula is C28H46NNaO5. The number of rotatable bonds is 7. The molecular weight excluding hydrogens is 453 g/mol. The van der Waals surface area contributed by atoms with Gasteiger partial charge in [0, 0.05) is 6.42 Å². The molecule has 0 bridgehead atoms. The fourth-order valence-electron chi connectivity index (χ4n) is 9.75. The maximum Gasteiger partial charge on any atom is 1.00 e. The van der Waals surface area contributed by atoms with Gasteiger partial charge < -0.3 is 25.4 Å². The zero-order chi connectivity index (χ0) is 24.8. The summed E-state index contributed by atoms with van der Waals surface area (Å²) in [5.74, 6) is 1.50. The van der Waals surface area contributed by atoms with Crippen LogP contribution >= 0.6 is 0 Å². The number of carboxylic acid groups (broad SMARTS) is 1. The van der Waals surface area contributed by atoms with Crippen LogP contribution < -0.4 is 40.0 Å². The van der Waals surface area contributed by atoms with Crippen molar-refractivity contribution in [1.82, 2.24) is 5.32 Å². The smallest absolute Gasteiger partial charge is 0.548 e. The number of hydrogen-bond acceptors (Lipinski definition) is 5. The van der Waals surface area contributed by atoms with Crippen LogP contribution in [0.4, 0.5) is 0 Å². The van der Waals surface area contributed by atoms with Gasteiger partial charge in [-0.25, -0.2) is 0 Å². The van der Waals surface area contributed by atoms with E-state index in [0.717, 1.165) is 51.4 Å². The summed E-state index contributed by atoms with van der Waals surface area (Å²) in [6.07, 6.45) is 9.03. The molecule has 11 atom stereocenters. The summed E-state index contributed by atoms with van der Waals surface area (Å²) in [6.45, 7) is 8.96. The second kappa shape index (κ2) is 11.3. The van der Waals surface area contributed by atoms with E-state index < -0.39 is 12.5 Å². The molecule has 4 aliphatic carbocycles. The summed E-state index contributed by atoms with van der Waals surface area (Å²) in [6, 6.07) is 0. The molecule has 35 heavy (non-hydrogen) atoms. The largest absolute Gasteiger partial charge is 1.00 e. The fourth-order valence-corrected chi connectivity index (χ4v) is 9.75. The molecule has 0 spiro atoms. The number of carboxylic acids is 1. The number of fused-ring (bicyclic) bond motifs is 5. The van der Waals surface area contributed by atoms with Gasteiger partial charge in [0.25, 0.3) is 0 Å². The van der Waals surface area contributed by atoms with Gasteiger partial charge in [-0.15, -0.1) is 0 Å². The Kier molecular flexibility index (Phi) is 9.50. The maximum atomic E-state index is 12.1. The van der Waals surface area contributed by atoms with E-state index in [4.69, 9.17) is 0 Å². The van der Waals surface area contributed by atoms with Crippen molar-refractivity contribution < 1.29 is 54.5 Å². The Labute approximate surface area is 233 Å². The number of aliphatic hydroxyl groups is 2. The molecule has 4 fully saturated rings. The van der Waals surface area contributed by atoms with Gasteiger partial charge in [0.1, 0.15) is 0 Å². The summed E-state index contributed by atoms with van der Waals surface area (Å²) in [5, 5.41) is 35.3. The van der Waals surface area contributed by atoms with Crippen molar-refractivity contribution in [2.75, 3.05) is 6.54 Å². The normalized spacial score (nSPS) is 45.3. The number of carbonyl (C=O) groups excluding carboxylic acids is 2. The topological polar surface area (TPSA) is 110 Å². The zero-order valence-corrected chi connectivity index (χ0v) is 24.6. The first-order chi connectivity index (χ1) is 16.0. The minimum Gasteiger partial charge on any atom is -0.548 e. The third-order valence-electron chi connectivity index (χ3n) is 11.4. The summed E-state index contributed by atoms with van der Waals surface area (Å²) < 4.78 is 0. The van der Waals surface area contributed by atoms with Gasteiger partial charge in [-0.2, -0.15) is 0 Å². The van der Waals surface area contributed by atoms with E-state index >= 15 is 0 Å². The number of hydrogen-bond donors (Lipinski definition) is 3. The van der Waals surface area contributed by atoms with E-state index in [0.29, 0.717) is 41.9 Å². The van der Waals surface area contributed by atoms with E-state index in [2.05, 4.69) is 33.0 Å². The number of aliphatic carboxylic acids is 1. The second-order valence-electron chi connectivity index (χ2n) is 12.8. The van der Waals surface area contributed by atoms with Gasteiger partial charge in [0.05, 0.1) is 24.7 Å². The van der Waals surface area contributed by atoms with Gasteiger partial charge in [0.2, 0.25) is 5.91 Å². The van der Waals surface area contributed by atoms with Crippen LogP contribution in [-0.2, 0) is 9.59 Å². The van der Waals surface area contributed by atoms with Crippen molar-refractivity contribution in [2.45, 2.75) is 104 Å². The van der Waals surface area contributed by atoms with Crippen LogP contribution in [0, 0.1) is 52.3 Å². The molecule has 4 saturated carbocycles. The molecule has 0 saturated heterocycles. The van der Waals surface area contributed by atoms with Crippen LogP contribution in [-0.4, -0.2) is 40.8 Å². The monoisotopic (exact) mass is 499 g/mol. The van der Waals surface area contributed by atoms with Crippen molar-refractivity contribution in [3.8, 4) is 0 Å². The first kappa shape index (κ1) is 29.4. The van der Waals surface area contributed by atoms with Crippen LogP contribution in [0.25, 0.3) is 0 Å². The molecule has 0 aromatic heterocycles. The Balaban J connectivity index is 0.00000342. The molecule has 4 aliphatic rings. The Bertz CT molecular complexity index is 778. The molecule has 0 heterocycles. The van der Waals surface area contributed by atoms with Crippen molar-refractivity contribution in [1.29, 1.82) is 0 Å². The van der Waals surface area contributed by atoms with Crippen LogP contribution in [0.15, 0.2) is 0 Å². The fraction of sp³-hybridized carbons (Fsp3) is 0.929. The van der Waals surface area contributed by atoms with Gasteiger partial charge >= 0.3 is 29.6 Å². The Morgan fingerprint density at radius 3 is 2.34 bits per heavy atom. The standard InChI is InChI=1S/C28H47NO5.Na/c1-5-18-22-14-17(30)10-12-28(22,4)21-11-13-27(3)19(7-8-20(27)25(21)26(18)34)16(2)6-9-23(31)29-15-24(32)33;/h16-22,25-26,30,34H,5-15H2,1-4H3,(H,29,31)(H,32,33);/q;+1/p-1/t16-,17-,18-,19-,20+,21+,22?,25+,26-,27-,28-;/m1./s1. The average Bonchev–Trinajstić information content (AvgIpc) is 3.14. The number of aliphatic hydroxyl groups excluding tert-OH is 2. The number of carbonyl (C=O) groups is 2. The molecule has 4 rings (SSSR count). The molecule has 6 nitrogen and oxygen atoms in total. The number of nitrogens with one attached hydrogen (secondary N) is 1. The first-order valence-electron chi connectivity index (χ1n) is 13.9. The molecule has 7 heteroatoms. The van der Waals surface area contributed by atoms with E-state index in [9.17, 15) is 24.9 Å². The molecule has 1 unspecified atom stereocenters. The predicted octanol–water partition coefficient (Wildman–Crippen LogP) is -0.100. The summed E-state index contributed by atoms with van der Waals surface area (Å²) in [4.78, 5) is 22.7. The maximum absolute atomic E-state index is 12.1. The van der Waals surface area contributed by atoms with Crippen molar-refractivity contribution in [2.24, 2.45) is 52.3 Å². The SMILES string of the molecule is CC[C@@H]1C2C[C@H](O)CC[C@]2(C)[C@H]2CC[C@]3(C)[C@@H]([C@H](C)CCC(=O)NCC(=O)[O-])CC[C@H]3[C@@H]2[C@@H]1O.[Na+]. The first-order valence-corrected chi connectivity index (χ1v) is 13.9. The molecule has 0 aliphatic heterocycles. The summed E-state index contributed by atoms with van der Waals surface area (Å²) in [7, 11) is 0. The molecule has 0 radical (unpaired) electrons. The Hall–Kier alpha value is -0.140. The third kappa shape index (κ3) is 5.26. The summed E-state index contributed by atoms with van der Waals surface area (Å²) in [5.41, 5.74) is 0.393. The molecule has 194 valence electrons. The van der Waals surface area contributed by atoms with Crippen molar-refractivity contribution >= 4 is 11.9 Å². The molecule has 0 aromatic carbocycles. The van der Waals surface area contributed by atoms with Gasteiger partial charge in [-0.3, -0.25) is 4.79 Å². The van der Waals surface area contributed by atoms with E-state index in [-0.39, 0.29) is 64.4 Å². The number of amides is 1. The van der Waals surface area contributed by atoms with Crippen molar-refractivity contribution in [3.63, 3.8) is 0 Å². The minimum absolute atomic E-state index is 0. The third-order valence-corrected chi connectivity index (χ3v) is 11.4. The second-order valence-corrected chi connectivity index (χ2v) is 12.8. The Morgan fingerprint density at radius 2 is 1.69 bits per heavy atom. The van der Waals surface area contributed by atoms with Crippen LogP contribution in [0.1, 0.15) is 91.9 Å². The average molecular weight is 500 g/mol. The predicted molar refractivity (Wildman–Crippen MR) is 128 cm³/mol.